The van der Waals surface area contributed by atoms with Crippen molar-refractivity contribution in [2.75, 3.05) is 36.6 Å². The van der Waals surface area contributed by atoms with E-state index in [9.17, 15) is 19.2 Å². The number of hydrazine groups is 1. The van der Waals surface area contributed by atoms with Crippen LogP contribution in [0.25, 0.3) is 16.8 Å². The zero-order chi connectivity index (χ0) is 50.7. The van der Waals surface area contributed by atoms with E-state index in [1.165, 1.54) is 0 Å². The van der Waals surface area contributed by atoms with Gasteiger partial charge in [0, 0.05) is 71.1 Å². The Morgan fingerprint density at radius 1 is 0.765 bits per heavy atom. The molecule has 4 amide bonds. The Hall–Kier alpha value is -4.12. The number of amides is 4. The average Bonchev–Trinajstić information content (AvgIpc) is 3.73. The number of piperidine rings is 1. The van der Waals surface area contributed by atoms with E-state index >= 15 is 0 Å². The summed E-state index contributed by atoms with van der Waals surface area (Å²) in [5.41, 5.74) is 0.0577. The summed E-state index contributed by atoms with van der Waals surface area (Å²) in [6, 6.07) is 5.25. The summed E-state index contributed by atoms with van der Waals surface area (Å²) in [7, 11) is -2.79. The molecule has 0 radical (unpaired) electrons. The van der Waals surface area contributed by atoms with Gasteiger partial charge in [-0.3, -0.25) is 4.79 Å². The smallest absolute Gasteiger partial charge is 0.437 e. The van der Waals surface area contributed by atoms with E-state index in [1.54, 1.807) is 77.5 Å². The van der Waals surface area contributed by atoms with Gasteiger partial charge in [-0.1, -0.05) is 46.2 Å². The van der Waals surface area contributed by atoms with Gasteiger partial charge in [-0.25, -0.2) is 24.4 Å². The molecule has 3 aromatic heterocycles. The van der Waals surface area contributed by atoms with Crippen LogP contribution in [0, 0.1) is 0 Å². The minimum Gasteiger partial charge on any atom is -0.444 e. The fraction of sp³-hybridized carbons (Fsp3) is 0.688. The van der Waals surface area contributed by atoms with Gasteiger partial charge in [-0.15, -0.1) is 5.01 Å². The molecule has 2 bridgehead atoms. The number of pyridine rings is 1. The van der Waals surface area contributed by atoms with Crippen molar-refractivity contribution in [1.82, 2.24) is 29.5 Å². The van der Waals surface area contributed by atoms with Crippen molar-refractivity contribution in [3.05, 3.63) is 34.7 Å². The Morgan fingerprint density at radius 2 is 1.29 bits per heavy atom. The molecule has 68 heavy (non-hydrogen) atoms. The molecule has 0 N–H and O–H groups in total. The van der Waals surface area contributed by atoms with Crippen LogP contribution in [0.2, 0.25) is 51.4 Å². The van der Waals surface area contributed by atoms with Crippen LogP contribution in [0.15, 0.2) is 29.0 Å². The first-order valence-electron chi connectivity index (χ1n) is 23.9. The lowest BCUT2D eigenvalue weighted by Gasteiger charge is -2.39. The second-order valence-corrected chi connectivity index (χ2v) is 35.4. The molecule has 2 fully saturated rings. The van der Waals surface area contributed by atoms with E-state index in [4.69, 9.17) is 33.8 Å². The van der Waals surface area contributed by atoms with E-state index in [0.29, 0.717) is 53.7 Å². The predicted molar refractivity (Wildman–Crippen MR) is 273 cm³/mol. The summed E-state index contributed by atoms with van der Waals surface area (Å²) in [5.74, 6) is -0.0517. The maximum atomic E-state index is 13.9. The van der Waals surface area contributed by atoms with Crippen LogP contribution in [0.4, 0.5) is 26.0 Å². The minimum atomic E-state index is -1.39. The number of fused-ring (bicyclic) bond motifs is 3. The maximum absolute atomic E-state index is 13.9. The summed E-state index contributed by atoms with van der Waals surface area (Å²) >= 11 is 4.05. The molecule has 2 saturated heterocycles. The molecule has 2 aliphatic rings. The molecular weight excluding hydrogens is 969 g/mol. The molecule has 378 valence electrons. The first-order chi connectivity index (χ1) is 31.4. The van der Waals surface area contributed by atoms with Crippen molar-refractivity contribution in [2.45, 2.75) is 188 Å². The van der Waals surface area contributed by atoms with Crippen molar-refractivity contribution in [3.8, 4) is 11.1 Å². The number of hydrogen-bond donors (Lipinski definition) is 0. The van der Waals surface area contributed by atoms with Crippen LogP contribution < -0.4 is 9.91 Å². The van der Waals surface area contributed by atoms with Crippen molar-refractivity contribution in [1.29, 1.82) is 0 Å². The quantitative estimate of drug-likeness (QED) is 0.0463. The second kappa shape index (κ2) is 21.5. The van der Waals surface area contributed by atoms with Crippen molar-refractivity contribution in [2.24, 2.45) is 0 Å². The molecule has 0 aromatic carbocycles. The molecule has 3 aromatic rings. The topological polar surface area (TPSA) is 170 Å². The van der Waals surface area contributed by atoms with Crippen molar-refractivity contribution < 1.29 is 42.9 Å². The highest BCUT2D eigenvalue weighted by Gasteiger charge is 2.46. The maximum Gasteiger partial charge on any atom is 0.437 e. The van der Waals surface area contributed by atoms with E-state index in [0.717, 1.165) is 40.1 Å². The Labute approximate surface area is 414 Å². The van der Waals surface area contributed by atoms with E-state index in [-0.39, 0.29) is 49.8 Å². The number of carbonyl (C=O) groups excluding carboxylic acids is 4. The summed E-state index contributed by atoms with van der Waals surface area (Å²) in [4.78, 5) is 68.7. The number of ether oxygens (including phenoxy) is 5. The number of imide groups is 1. The Balaban J connectivity index is 1.64. The lowest BCUT2D eigenvalue weighted by Crippen LogP contribution is -2.55. The van der Waals surface area contributed by atoms with Gasteiger partial charge < -0.3 is 33.5 Å². The van der Waals surface area contributed by atoms with Crippen LogP contribution >= 0.6 is 15.9 Å². The normalized spacial score (nSPS) is 17.8. The molecule has 0 aliphatic carbocycles. The number of carbonyl (C=O) groups is 4. The molecule has 2 aliphatic heterocycles. The third kappa shape index (κ3) is 14.7. The highest BCUT2D eigenvalue weighted by atomic mass is 79.9. The van der Waals surface area contributed by atoms with Gasteiger partial charge >= 0.3 is 18.3 Å². The first-order valence-corrected chi connectivity index (χ1v) is 32.1. The Morgan fingerprint density at radius 3 is 1.76 bits per heavy atom. The molecule has 3 atom stereocenters. The molecule has 0 saturated carbocycles. The number of nitrogens with zero attached hydrogens (tertiary/aromatic N) is 8. The number of halogens is 1. The van der Waals surface area contributed by atoms with Gasteiger partial charge in [-0.05, 0) is 128 Å². The summed E-state index contributed by atoms with van der Waals surface area (Å²) in [6.07, 6.45) is 3.97. The van der Waals surface area contributed by atoms with Crippen LogP contribution in [0.3, 0.4) is 0 Å². The molecule has 5 rings (SSSR count). The Kier molecular flexibility index (Phi) is 17.3. The summed E-state index contributed by atoms with van der Waals surface area (Å²) in [6.45, 7) is 33.0. The van der Waals surface area contributed by atoms with Crippen LogP contribution in [-0.4, -0.2) is 125 Å². The van der Waals surface area contributed by atoms with Gasteiger partial charge in [0.2, 0.25) is 0 Å². The summed E-state index contributed by atoms with van der Waals surface area (Å²) in [5, 5.41) is 6.40. The van der Waals surface area contributed by atoms with E-state index in [2.05, 4.69) is 65.1 Å². The molecule has 20 heteroatoms. The molecule has 5 heterocycles. The van der Waals surface area contributed by atoms with Crippen molar-refractivity contribution in [3.63, 3.8) is 0 Å². The van der Waals surface area contributed by atoms with Crippen LogP contribution in [0.5, 0.6) is 0 Å². The van der Waals surface area contributed by atoms with Crippen molar-refractivity contribution >= 4 is 73.5 Å². The third-order valence-electron chi connectivity index (χ3n) is 11.3. The first kappa shape index (κ1) is 54.8. The lowest BCUT2D eigenvalue weighted by atomic mass is 9.88. The van der Waals surface area contributed by atoms with Crippen LogP contribution in [0.1, 0.15) is 113 Å². The fourth-order valence-corrected chi connectivity index (χ4v) is 10.3. The zero-order valence-corrected chi connectivity index (χ0v) is 47.0. The molecule has 0 spiro atoms. The second-order valence-electron chi connectivity index (χ2n) is 23.3. The molecular formula is C48H77BrN8O9Si2. The fourth-order valence-electron chi connectivity index (χ4n) is 8.00. The average molecular weight is 1050 g/mol. The largest absolute Gasteiger partial charge is 0.444 e. The van der Waals surface area contributed by atoms with E-state index in [1.807, 2.05) is 25.7 Å². The van der Waals surface area contributed by atoms with Crippen LogP contribution in [-0.2, 0) is 28.5 Å². The van der Waals surface area contributed by atoms with Gasteiger partial charge in [0.15, 0.2) is 17.3 Å². The highest BCUT2D eigenvalue weighted by molar-refractivity contribution is 9.10. The SMILES string of the molecule is CCC(=O)N(C(=O)OC(C)(C)C)N(C(=O)OC(C)(C)C)c1ccc(-c2cnn3c(N(COCC[Si](C)(C)C)COCC[Si](C)(C)C)c(Br)c([C@@H]4C[C@H]5CC[C@@H](C4)N5C(=O)OC(C)(C)C)nc23)cn1. The lowest BCUT2D eigenvalue weighted by molar-refractivity contribution is -0.130. The van der Waals surface area contributed by atoms with Gasteiger partial charge in [0.1, 0.15) is 30.3 Å². The van der Waals surface area contributed by atoms with Gasteiger partial charge in [0.05, 0.1) is 16.4 Å². The van der Waals surface area contributed by atoms with E-state index < -0.39 is 51.0 Å². The molecule has 0 unspecified atom stereocenters. The number of hydrogen-bond acceptors (Lipinski definition) is 13. The number of aromatic nitrogens is 4. The standard InChI is InChI=1S/C48H77BrN8O9Si2/c1-17-38(58)57(45(61)66-48(8,9)10)56(44(60)65-47(5,6)7)37-21-18-32(28-50-37)36-29-51-55-41(36)52-40(33-26-34-19-20-35(27-33)54(34)43(59)64-46(2,3)4)39(49)42(55)53(30-62-22-24-67(11,12)13)31-63-23-25-68(14,15)16/h18,21,28-29,33-35H,17,19-20,22-27,30-31H2,1-16H3/t33-,34-,35+. The third-order valence-corrected chi connectivity index (χ3v) is 15.4. The highest BCUT2D eigenvalue weighted by Crippen LogP contribution is 2.47. The number of anilines is 2. The summed E-state index contributed by atoms with van der Waals surface area (Å²) < 4.78 is 32.6. The number of rotatable bonds is 15. The predicted octanol–water partition coefficient (Wildman–Crippen LogP) is 11.5. The monoisotopic (exact) mass is 1040 g/mol. The van der Waals surface area contributed by atoms with Gasteiger partial charge in [0.25, 0.3) is 5.91 Å². The Bertz CT molecular complexity index is 2230. The van der Waals surface area contributed by atoms with Gasteiger partial charge in [-0.2, -0.15) is 14.6 Å². The molecule has 17 nitrogen and oxygen atoms in total. The zero-order valence-electron chi connectivity index (χ0n) is 43.4. The minimum absolute atomic E-state index is 0.0123.